The number of rotatable bonds is 5. The van der Waals surface area contributed by atoms with E-state index in [2.05, 4.69) is 0 Å². The van der Waals surface area contributed by atoms with E-state index in [1.165, 1.54) is 22.8 Å². The third kappa shape index (κ3) is 3.63. The molecule has 0 N–H and O–H groups in total. The summed E-state index contributed by atoms with van der Waals surface area (Å²) in [5.74, 6) is -0.937. The Morgan fingerprint density at radius 2 is 1.83 bits per heavy atom. The first-order chi connectivity index (χ1) is 11.5. The summed E-state index contributed by atoms with van der Waals surface area (Å²) < 4.78 is 11.8. The van der Waals surface area contributed by atoms with Gasteiger partial charge in [-0.15, -0.1) is 0 Å². The number of fused-ring (bicyclic) bond motifs is 1. The highest BCUT2D eigenvalue weighted by molar-refractivity contribution is 6.35. The van der Waals surface area contributed by atoms with Crippen LogP contribution in [0.3, 0.4) is 0 Å². The number of oxazole rings is 1. The van der Waals surface area contributed by atoms with Gasteiger partial charge in [-0.05, 0) is 36.8 Å². The molecule has 5 nitrogen and oxygen atoms in total. The Kier molecular flexibility index (Phi) is 4.92. The number of benzene rings is 2. The molecule has 1 aromatic heterocycles. The number of ether oxygens (including phenoxy) is 1. The molecule has 0 saturated heterocycles. The first-order valence-electron chi connectivity index (χ1n) is 7.26. The Hall–Kier alpha value is -2.24. The number of carbonyl (C=O) groups excluding carboxylic acids is 1. The molecule has 0 aliphatic rings. The van der Waals surface area contributed by atoms with Crippen molar-refractivity contribution >= 4 is 40.3 Å². The number of esters is 1. The van der Waals surface area contributed by atoms with Gasteiger partial charge in [-0.1, -0.05) is 35.3 Å². The van der Waals surface area contributed by atoms with E-state index in [1.54, 1.807) is 18.2 Å². The number of aryl methyl sites for hydroxylation is 1. The van der Waals surface area contributed by atoms with Crippen molar-refractivity contribution in [2.45, 2.75) is 13.0 Å². The van der Waals surface area contributed by atoms with Crippen molar-refractivity contribution in [1.82, 2.24) is 4.57 Å². The average Bonchev–Trinajstić information content (AvgIpc) is 2.86. The third-order valence-corrected chi connectivity index (χ3v) is 3.87. The predicted molar refractivity (Wildman–Crippen MR) is 91.8 cm³/mol. The van der Waals surface area contributed by atoms with E-state index in [4.69, 9.17) is 32.4 Å². The summed E-state index contributed by atoms with van der Waals surface area (Å²) in [6, 6.07) is 11.7. The molecule has 0 unspecified atom stereocenters. The standard InChI is InChI=1S/C17H13Cl2NO4/c18-12-8-11(9-13(19)10-12)16(21)23-7-3-6-20-14-4-1-2-5-15(14)24-17(20)22/h1-2,4-5,8-10H,3,6-7H2. The van der Waals surface area contributed by atoms with E-state index in [0.717, 1.165) is 5.52 Å². The molecular formula is C17H13Cl2NO4. The van der Waals surface area contributed by atoms with Gasteiger partial charge in [-0.2, -0.15) is 0 Å². The summed E-state index contributed by atoms with van der Waals surface area (Å²) in [6.45, 7) is 0.550. The maximum Gasteiger partial charge on any atom is 0.419 e. The molecule has 0 radical (unpaired) electrons. The molecule has 0 fully saturated rings. The van der Waals surface area contributed by atoms with Gasteiger partial charge in [0, 0.05) is 16.6 Å². The van der Waals surface area contributed by atoms with E-state index in [0.29, 0.717) is 34.2 Å². The lowest BCUT2D eigenvalue weighted by atomic mass is 10.2. The smallest absolute Gasteiger partial charge is 0.419 e. The molecule has 7 heteroatoms. The van der Waals surface area contributed by atoms with Crippen molar-refractivity contribution in [3.8, 4) is 0 Å². The van der Waals surface area contributed by atoms with E-state index < -0.39 is 11.7 Å². The molecule has 0 saturated carbocycles. The zero-order valence-corrected chi connectivity index (χ0v) is 14.0. The van der Waals surface area contributed by atoms with Crippen LogP contribution >= 0.6 is 23.2 Å². The van der Waals surface area contributed by atoms with Gasteiger partial charge in [0.2, 0.25) is 0 Å². The van der Waals surface area contributed by atoms with Crippen molar-refractivity contribution in [2.75, 3.05) is 6.61 Å². The van der Waals surface area contributed by atoms with Gasteiger partial charge in [-0.25, -0.2) is 9.59 Å². The monoisotopic (exact) mass is 365 g/mol. The van der Waals surface area contributed by atoms with E-state index in [9.17, 15) is 9.59 Å². The van der Waals surface area contributed by atoms with Gasteiger partial charge < -0.3 is 9.15 Å². The van der Waals surface area contributed by atoms with Crippen LogP contribution in [0.2, 0.25) is 10.0 Å². The molecule has 3 aromatic rings. The van der Waals surface area contributed by atoms with Crippen molar-refractivity contribution in [1.29, 1.82) is 0 Å². The molecule has 0 aliphatic heterocycles. The van der Waals surface area contributed by atoms with Crippen LogP contribution in [0.5, 0.6) is 0 Å². The van der Waals surface area contributed by atoms with Gasteiger partial charge in [0.1, 0.15) is 0 Å². The van der Waals surface area contributed by atoms with E-state index in [-0.39, 0.29) is 6.61 Å². The Morgan fingerprint density at radius 1 is 1.12 bits per heavy atom. The molecule has 0 bridgehead atoms. The van der Waals surface area contributed by atoms with Crippen molar-refractivity contribution in [3.63, 3.8) is 0 Å². The van der Waals surface area contributed by atoms with Crippen molar-refractivity contribution in [2.24, 2.45) is 0 Å². The molecule has 24 heavy (non-hydrogen) atoms. The SMILES string of the molecule is O=C(OCCCn1c(=O)oc2ccccc21)c1cc(Cl)cc(Cl)c1. The van der Waals surface area contributed by atoms with Crippen LogP contribution in [0, 0.1) is 0 Å². The van der Waals surface area contributed by atoms with Crippen LogP contribution in [0.4, 0.5) is 0 Å². The zero-order chi connectivity index (χ0) is 17.1. The summed E-state index contributed by atoms with van der Waals surface area (Å²) in [4.78, 5) is 23.8. The average molecular weight is 366 g/mol. The van der Waals surface area contributed by atoms with Gasteiger partial charge in [0.25, 0.3) is 0 Å². The third-order valence-electron chi connectivity index (χ3n) is 3.43. The van der Waals surface area contributed by atoms with Crippen molar-refractivity contribution < 1.29 is 13.9 Å². The highest BCUT2D eigenvalue weighted by Gasteiger charge is 2.11. The highest BCUT2D eigenvalue weighted by atomic mass is 35.5. The molecule has 1 heterocycles. The lowest BCUT2D eigenvalue weighted by molar-refractivity contribution is 0.0496. The lowest BCUT2D eigenvalue weighted by Gasteiger charge is -2.06. The minimum Gasteiger partial charge on any atom is -0.462 e. The summed E-state index contributed by atoms with van der Waals surface area (Å²) in [7, 11) is 0. The Bertz CT molecular complexity index is 925. The fourth-order valence-electron chi connectivity index (χ4n) is 2.37. The normalized spacial score (nSPS) is 10.9. The maximum atomic E-state index is 12.0. The highest BCUT2D eigenvalue weighted by Crippen LogP contribution is 2.19. The van der Waals surface area contributed by atoms with E-state index in [1.807, 2.05) is 6.07 Å². The first-order valence-corrected chi connectivity index (χ1v) is 8.02. The van der Waals surface area contributed by atoms with Crippen LogP contribution in [0.25, 0.3) is 11.1 Å². The molecule has 3 rings (SSSR count). The van der Waals surface area contributed by atoms with Crippen LogP contribution in [-0.2, 0) is 11.3 Å². The number of para-hydroxylation sites is 2. The number of carbonyl (C=O) groups is 1. The second-order valence-electron chi connectivity index (χ2n) is 5.13. The van der Waals surface area contributed by atoms with E-state index >= 15 is 0 Å². The minimum atomic E-state index is -0.510. The number of nitrogens with zero attached hydrogens (tertiary/aromatic N) is 1. The molecule has 124 valence electrons. The number of hydrogen-bond donors (Lipinski definition) is 0. The summed E-state index contributed by atoms with van der Waals surface area (Å²) in [5, 5.41) is 0.733. The lowest BCUT2D eigenvalue weighted by Crippen LogP contribution is -2.16. The number of halogens is 2. The second kappa shape index (κ2) is 7.11. The van der Waals surface area contributed by atoms with Gasteiger partial charge in [-0.3, -0.25) is 4.57 Å². The maximum absolute atomic E-state index is 12.0. The van der Waals surface area contributed by atoms with Crippen LogP contribution in [-0.4, -0.2) is 17.1 Å². The van der Waals surface area contributed by atoms with Gasteiger partial charge >= 0.3 is 11.7 Å². The topological polar surface area (TPSA) is 61.4 Å². The molecule has 2 aromatic carbocycles. The minimum absolute atomic E-state index is 0.162. The second-order valence-corrected chi connectivity index (χ2v) is 6.01. The number of aromatic nitrogens is 1. The van der Waals surface area contributed by atoms with Crippen LogP contribution in [0.1, 0.15) is 16.8 Å². The van der Waals surface area contributed by atoms with Gasteiger partial charge in [0.05, 0.1) is 17.7 Å². The van der Waals surface area contributed by atoms with Crippen LogP contribution in [0.15, 0.2) is 51.7 Å². The molecule has 0 amide bonds. The fraction of sp³-hybridized carbons (Fsp3) is 0.176. The van der Waals surface area contributed by atoms with Crippen LogP contribution < -0.4 is 5.76 Å². The number of hydrogen-bond acceptors (Lipinski definition) is 4. The summed E-state index contributed by atoms with van der Waals surface area (Å²) in [6.07, 6.45) is 0.476. The molecule has 0 spiro atoms. The summed E-state index contributed by atoms with van der Waals surface area (Å²) >= 11 is 11.7. The summed E-state index contributed by atoms with van der Waals surface area (Å²) in [5.41, 5.74) is 1.54. The molecule has 0 atom stereocenters. The fourth-order valence-corrected chi connectivity index (χ4v) is 2.89. The Labute approximate surface area is 147 Å². The van der Waals surface area contributed by atoms with Crippen molar-refractivity contribution in [3.05, 3.63) is 68.6 Å². The molecular weight excluding hydrogens is 353 g/mol. The largest absolute Gasteiger partial charge is 0.462 e. The first kappa shape index (κ1) is 16.6. The predicted octanol–water partition coefficient (Wildman–Crippen LogP) is 4.15. The Morgan fingerprint density at radius 3 is 2.58 bits per heavy atom. The quantitative estimate of drug-likeness (QED) is 0.503. The molecule has 0 aliphatic carbocycles. The Balaban J connectivity index is 1.59. The zero-order valence-electron chi connectivity index (χ0n) is 12.5. The van der Waals surface area contributed by atoms with Gasteiger partial charge in [0.15, 0.2) is 5.58 Å².